The van der Waals surface area contributed by atoms with Crippen LogP contribution in [0.2, 0.25) is 0 Å². The van der Waals surface area contributed by atoms with Crippen molar-refractivity contribution >= 4 is 0 Å². The predicted octanol–water partition coefficient (Wildman–Crippen LogP) is 3.08. The second kappa shape index (κ2) is 6.47. The molecule has 1 heteroatoms. The van der Waals surface area contributed by atoms with Crippen molar-refractivity contribution in [1.82, 2.24) is 0 Å². The first kappa shape index (κ1) is 12.0. The minimum Gasteiger partial charge on any atom is -0.396 e. The lowest BCUT2D eigenvalue weighted by Crippen LogP contribution is -2.05. The standard InChI is InChI=1S/C11H24O/c1-9(2)7-10(3)5-6-11(4)8-12/h9-12H,5-8H2,1-4H3. The summed E-state index contributed by atoms with van der Waals surface area (Å²) in [7, 11) is 0. The molecular weight excluding hydrogens is 148 g/mol. The fourth-order valence-electron chi connectivity index (χ4n) is 1.58. The van der Waals surface area contributed by atoms with Crippen molar-refractivity contribution in [3.63, 3.8) is 0 Å². The van der Waals surface area contributed by atoms with Crippen LogP contribution in [0.25, 0.3) is 0 Å². The van der Waals surface area contributed by atoms with Gasteiger partial charge in [-0.05, 0) is 30.6 Å². The van der Waals surface area contributed by atoms with E-state index in [-0.39, 0.29) is 0 Å². The number of aliphatic hydroxyl groups excluding tert-OH is 1. The van der Waals surface area contributed by atoms with Gasteiger partial charge in [0.1, 0.15) is 0 Å². The third-order valence-electron chi connectivity index (χ3n) is 2.34. The Bertz CT molecular complexity index is 99.2. The molecule has 0 saturated carbocycles. The zero-order chi connectivity index (χ0) is 9.56. The van der Waals surface area contributed by atoms with E-state index >= 15 is 0 Å². The summed E-state index contributed by atoms with van der Waals surface area (Å²) in [6.07, 6.45) is 3.75. The third kappa shape index (κ3) is 6.66. The molecule has 2 atom stereocenters. The summed E-state index contributed by atoms with van der Waals surface area (Å²) in [4.78, 5) is 0. The molecule has 0 radical (unpaired) electrons. The number of hydrogen-bond acceptors (Lipinski definition) is 1. The van der Waals surface area contributed by atoms with Crippen LogP contribution < -0.4 is 0 Å². The largest absolute Gasteiger partial charge is 0.396 e. The fraction of sp³-hybridized carbons (Fsp3) is 1.00. The minimum atomic E-state index is 0.342. The minimum absolute atomic E-state index is 0.342. The molecule has 1 N–H and O–H groups in total. The Morgan fingerprint density at radius 1 is 0.917 bits per heavy atom. The summed E-state index contributed by atoms with van der Waals surface area (Å²) < 4.78 is 0. The van der Waals surface area contributed by atoms with Gasteiger partial charge >= 0.3 is 0 Å². The highest BCUT2D eigenvalue weighted by Gasteiger charge is 2.07. The van der Waals surface area contributed by atoms with Crippen molar-refractivity contribution in [2.45, 2.75) is 47.0 Å². The average molecular weight is 172 g/mol. The first-order valence-corrected chi connectivity index (χ1v) is 5.17. The van der Waals surface area contributed by atoms with Crippen molar-refractivity contribution < 1.29 is 5.11 Å². The van der Waals surface area contributed by atoms with Gasteiger partial charge in [0.05, 0.1) is 0 Å². The average Bonchev–Trinajstić information content (AvgIpc) is 1.99. The van der Waals surface area contributed by atoms with E-state index in [9.17, 15) is 0 Å². The summed E-state index contributed by atoms with van der Waals surface area (Å²) in [5.74, 6) is 2.11. The number of rotatable bonds is 6. The highest BCUT2D eigenvalue weighted by Crippen LogP contribution is 2.18. The van der Waals surface area contributed by atoms with Crippen LogP contribution in [0.3, 0.4) is 0 Å². The maximum Gasteiger partial charge on any atom is 0.0456 e. The molecule has 0 bridgehead atoms. The quantitative estimate of drug-likeness (QED) is 0.653. The predicted molar refractivity (Wildman–Crippen MR) is 54.1 cm³/mol. The zero-order valence-corrected chi connectivity index (χ0v) is 9.01. The van der Waals surface area contributed by atoms with Crippen molar-refractivity contribution in [3.8, 4) is 0 Å². The van der Waals surface area contributed by atoms with Crippen molar-refractivity contribution in [1.29, 1.82) is 0 Å². The SMILES string of the molecule is CC(C)CC(C)CCC(C)CO. The molecular formula is C11H24O. The third-order valence-corrected chi connectivity index (χ3v) is 2.34. The van der Waals surface area contributed by atoms with Crippen molar-refractivity contribution in [2.75, 3.05) is 6.61 Å². The van der Waals surface area contributed by atoms with Crippen LogP contribution in [-0.2, 0) is 0 Å². The van der Waals surface area contributed by atoms with Gasteiger partial charge in [0.25, 0.3) is 0 Å². The Morgan fingerprint density at radius 2 is 1.42 bits per heavy atom. The molecule has 0 rings (SSSR count). The van der Waals surface area contributed by atoms with E-state index < -0.39 is 0 Å². The molecule has 0 aromatic rings. The van der Waals surface area contributed by atoms with Gasteiger partial charge in [-0.1, -0.05) is 34.1 Å². The Morgan fingerprint density at radius 3 is 1.83 bits per heavy atom. The highest BCUT2D eigenvalue weighted by atomic mass is 16.3. The second-order valence-electron chi connectivity index (χ2n) is 4.60. The van der Waals surface area contributed by atoms with Crippen LogP contribution in [0.5, 0.6) is 0 Å². The van der Waals surface area contributed by atoms with E-state index in [2.05, 4.69) is 27.7 Å². The van der Waals surface area contributed by atoms with Gasteiger partial charge < -0.3 is 5.11 Å². The molecule has 1 nitrogen and oxygen atoms in total. The molecule has 2 unspecified atom stereocenters. The van der Waals surface area contributed by atoms with Crippen LogP contribution in [0.1, 0.15) is 47.0 Å². The summed E-state index contributed by atoms with van der Waals surface area (Å²) in [5.41, 5.74) is 0. The van der Waals surface area contributed by atoms with Crippen LogP contribution in [0.15, 0.2) is 0 Å². The van der Waals surface area contributed by atoms with Gasteiger partial charge in [0.15, 0.2) is 0 Å². The lowest BCUT2D eigenvalue weighted by Gasteiger charge is -2.15. The molecule has 0 aromatic carbocycles. The molecule has 0 aliphatic rings. The van der Waals surface area contributed by atoms with Gasteiger partial charge in [-0.2, -0.15) is 0 Å². The number of aliphatic hydroxyl groups is 1. The first-order valence-electron chi connectivity index (χ1n) is 5.17. The zero-order valence-electron chi connectivity index (χ0n) is 9.01. The molecule has 0 aliphatic heterocycles. The maximum atomic E-state index is 8.83. The molecule has 0 saturated heterocycles. The monoisotopic (exact) mass is 172 g/mol. The Kier molecular flexibility index (Phi) is 6.45. The molecule has 0 heterocycles. The lowest BCUT2D eigenvalue weighted by molar-refractivity contribution is 0.220. The summed E-state index contributed by atoms with van der Waals surface area (Å²) in [6, 6.07) is 0. The second-order valence-corrected chi connectivity index (χ2v) is 4.60. The topological polar surface area (TPSA) is 20.2 Å². The maximum absolute atomic E-state index is 8.83. The Hall–Kier alpha value is -0.0400. The molecule has 12 heavy (non-hydrogen) atoms. The van der Waals surface area contributed by atoms with E-state index in [1.807, 2.05) is 0 Å². The van der Waals surface area contributed by atoms with E-state index in [4.69, 9.17) is 5.11 Å². The molecule has 74 valence electrons. The Labute approximate surface area is 77.2 Å². The first-order chi connectivity index (χ1) is 5.56. The summed E-state index contributed by atoms with van der Waals surface area (Å²) in [6.45, 7) is 9.30. The van der Waals surface area contributed by atoms with Gasteiger partial charge in [-0.15, -0.1) is 0 Å². The summed E-state index contributed by atoms with van der Waals surface area (Å²) in [5, 5.41) is 8.83. The van der Waals surface area contributed by atoms with Crippen LogP contribution in [0.4, 0.5) is 0 Å². The smallest absolute Gasteiger partial charge is 0.0456 e. The molecule has 0 amide bonds. The van der Waals surface area contributed by atoms with Gasteiger partial charge in [0.2, 0.25) is 0 Å². The van der Waals surface area contributed by atoms with Crippen molar-refractivity contribution in [3.05, 3.63) is 0 Å². The van der Waals surface area contributed by atoms with Crippen LogP contribution >= 0.6 is 0 Å². The fourth-order valence-corrected chi connectivity index (χ4v) is 1.58. The van der Waals surface area contributed by atoms with Gasteiger partial charge in [-0.3, -0.25) is 0 Å². The van der Waals surface area contributed by atoms with Gasteiger partial charge in [0, 0.05) is 6.61 Å². The van der Waals surface area contributed by atoms with E-state index in [0.717, 1.165) is 11.8 Å². The Balaban J connectivity index is 3.36. The van der Waals surface area contributed by atoms with Crippen molar-refractivity contribution in [2.24, 2.45) is 17.8 Å². The molecule has 0 fully saturated rings. The van der Waals surface area contributed by atoms with E-state index in [1.165, 1.54) is 19.3 Å². The highest BCUT2D eigenvalue weighted by molar-refractivity contribution is 4.59. The van der Waals surface area contributed by atoms with Gasteiger partial charge in [-0.25, -0.2) is 0 Å². The van der Waals surface area contributed by atoms with Crippen LogP contribution in [-0.4, -0.2) is 11.7 Å². The van der Waals surface area contributed by atoms with E-state index in [1.54, 1.807) is 0 Å². The molecule has 0 aliphatic carbocycles. The molecule has 0 aromatic heterocycles. The number of hydrogen-bond donors (Lipinski definition) is 1. The molecule has 0 spiro atoms. The lowest BCUT2D eigenvalue weighted by atomic mass is 9.92. The summed E-state index contributed by atoms with van der Waals surface area (Å²) >= 11 is 0. The van der Waals surface area contributed by atoms with Crippen LogP contribution in [0, 0.1) is 17.8 Å². The van der Waals surface area contributed by atoms with E-state index in [0.29, 0.717) is 12.5 Å². The normalized spacial score (nSPS) is 16.5.